The number of piperazine rings is 1. The Labute approximate surface area is 171 Å². The van der Waals surface area contributed by atoms with Crippen LogP contribution < -0.4 is 4.72 Å². The molecule has 0 atom stereocenters. The molecule has 0 saturated carbocycles. The van der Waals surface area contributed by atoms with E-state index in [1.807, 2.05) is 4.90 Å². The third kappa shape index (κ3) is 5.20. The maximum absolute atomic E-state index is 13.3. The van der Waals surface area contributed by atoms with Gasteiger partial charge in [0.25, 0.3) is 5.91 Å². The van der Waals surface area contributed by atoms with E-state index in [1.54, 1.807) is 4.90 Å². The van der Waals surface area contributed by atoms with Crippen LogP contribution in [0.15, 0.2) is 30.3 Å². The molecule has 29 heavy (non-hydrogen) atoms. The van der Waals surface area contributed by atoms with Gasteiger partial charge >= 0.3 is 0 Å². The van der Waals surface area contributed by atoms with Crippen molar-refractivity contribution in [1.29, 1.82) is 0 Å². The van der Waals surface area contributed by atoms with Crippen molar-refractivity contribution in [2.24, 2.45) is 0 Å². The number of thiol groups is 1. The van der Waals surface area contributed by atoms with E-state index < -0.39 is 28.3 Å². The van der Waals surface area contributed by atoms with Crippen LogP contribution >= 0.6 is 11.6 Å². The first-order valence-electron chi connectivity index (χ1n) is 8.60. The smallest absolute Gasteiger partial charge is 0.255 e. The van der Waals surface area contributed by atoms with Gasteiger partial charge in [-0.1, -0.05) is 11.6 Å². The van der Waals surface area contributed by atoms with Crippen LogP contribution in [-0.2, 0) is 17.4 Å². The van der Waals surface area contributed by atoms with Gasteiger partial charge in [-0.3, -0.25) is 14.4 Å². The van der Waals surface area contributed by atoms with Gasteiger partial charge in [-0.25, -0.2) is 21.6 Å². The molecule has 6 nitrogen and oxygen atoms in total. The van der Waals surface area contributed by atoms with E-state index in [2.05, 4.69) is 4.72 Å². The number of nitrogens with one attached hydrogen (secondary N) is 1. The van der Waals surface area contributed by atoms with Crippen molar-refractivity contribution in [3.63, 3.8) is 0 Å². The minimum atomic E-state index is -2.84. The van der Waals surface area contributed by atoms with Gasteiger partial charge in [-0.2, -0.15) is 0 Å². The Kier molecular flexibility index (Phi) is 6.66. The number of benzene rings is 2. The Balaban J connectivity index is 1.61. The molecule has 0 radical (unpaired) electrons. The zero-order chi connectivity index (χ0) is 21.1. The third-order valence-electron chi connectivity index (χ3n) is 4.53. The fourth-order valence-corrected chi connectivity index (χ4v) is 3.71. The predicted octanol–water partition coefficient (Wildman–Crippen LogP) is 2.65. The molecule has 1 aliphatic rings. The Hall–Kier alpha value is -2.30. The molecular weight excluding hydrogens is 431 g/mol. The molecular formula is C18H17ClF3N3O3S. The van der Waals surface area contributed by atoms with Crippen LogP contribution in [0.2, 0.25) is 5.02 Å². The van der Waals surface area contributed by atoms with Gasteiger partial charge in [0.1, 0.15) is 0 Å². The first kappa shape index (κ1) is 21.4. The van der Waals surface area contributed by atoms with E-state index in [4.69, 9.17) is 11.6 Å². The summed E-state index contributed by atoms with van der Waals surface area (Å²) in [5.41, 5.74) is 0.810. The highest BCUT2D eigenvalue weighted by Crippen LogP contribution is 2.23. The monoisotopic (exact) mass is 447 g/mol. The average molecular weight is 448 g/mol. The van der Waals surface area contributed by atoms with Gasteiger partial charge in [0.2, 0.25) is 10.9 Å². The fraction of sp³-hybridized carbons (Fsp3) is 0.278. The minimum absolute atomic E-state index is 0.122. The molecule has 0 spiro atoms. The largest absolute Gasteiger partial charge is 0.336 e. The maximum Gasteiger partial charge on any atom is 0.255 e. The van der Waals surface area contributed by atoms with Crippen molar-refractivity contribution < 1.29 is 26.4 Å². The number of anilines is 1. The van der Waals surface area contributed by atoms with E-state index in [-0.39, 0.29) is 28.7 Å². The van der Waals surface area contributed by atoms with Crippen LogP contribution in [0.25, 0.3) is 0 Å². The van der Waals surface area contributed by atoms with Gasteiger partial charge in [0.05, 0.1) is 10.6 Å². The maximum atomic E-state index is 13.3. The predicted molar refractivity (Wildman–Crippen MR) is 103 cm³/mol. The van der Waals surface area contributed by atoms with E-state index in [1.165, 1.54) is 18.2 Å². The Morgan fingerprint density at radius 1 is 1.03 bits per heavy atom. The molecule has 2 aromatic rings. The van der Waals surface area contributed by atoms with Crippen LogP contribution in [-0.4, -0.2) is 50.3 Å². The average Bonchev–Trinajstić information content (AvgIpc) is 2.66. The molecule has 0 aromatic heterocycles. The first-order valence-corrected chi connectivity index (χ1v) is 10.2. The number of hydrogen-bond acceptors (Lipinski definition) is 4. The van der Waals surface area contributed by atoms with Crippen LogP contribution in [0.3, 0.4) is 0 Å². The van der Waals surface area contributed by atoms with Crippen LogP contribution in [0.1, 0.15) is 15.9 Å². The summed E-state index contributed by atoms with van der Waals surface area (Å²) in [6, 6.07) is 6.16. The van der Waals surface area contributed by atoms with Crippen LogP contribution in [0.5, 0.6) is 0 Å². The van der Waals surface area contributed by atoms with Crippen molar-refractivity contribution in [2.45, 2.75) is 6.54 Å². The van der Waals surface area contributed by atoms with Crippen molar-refractivity contribution in [3.05, 3.63) is 63.9 Å². The number of carbonyl (C=O) groups is 1. The Morgan fingerprint density at radius 3 is 2.21 bits per heavy atom. The van der Waals surface area contributed by atoms with Crippen LogP contribution in [0.4, 0.5) is 18.9 Å². The number of carbonyl (C=O) groups excluding carboxylic acids is 1. The zero-order valence-corrected chi connectivity index (χ0v) is 16.7. The highest BCUT2D eigenvalue weighted by atomic mass is 35.5. The second-order valence-electron chi connectivity index (χ2n) is 6.51. The normalized spacial score (nSPS) is 15.0. The minimum Gasteiger partial charge on any atom is -0.336 e. The summed E-state index contributed by atoms with van der Waals surface area (Å²) in [7, 11) is -2.84. The van der Waals surface area contributed by atoms with Gasteiger partial charge in [-0.05, 0) is 35.9 Å². The van der Waals surface area contributed by atoms with Gasteiger partial charge in [-0.15, -0.1) is 0 Å². The molecule has 156 valence electrons. The molecule has 0 aliphatic carbocycles. The number of nitrogens with zero attached hydrogens (tertiary/aromatic N) is 2. The molecule has 1 saturated heterocycles. The summed E-state index contributed by atoms with van der Waals surface area (Å²) >= 11 is 6.11. The number of amides is 1. The molecule has 1 amide bonds. The lowest BCUT2D eigenvalue weighted by Gasteiger charge is -2.35. The van der Waals surface area contributed by atoms with Crippen molar-refractivity contribution in [2.75, 3.05) is 30.9 Å². The third-order valence-corrected chi connectivity index (χ3v) is 5.28. The summed E-state index contributed by atoms with van der Waals surface area (Å²) in [4.78, 5) is 16.2. The highest BCUT2D eigenvalue weighted by Gasteiger charge is 2.24. The fourth-order valence-electron chi connectivity index (χ4n) is 3.10. The second kappa shape index (κ2) is 9.02. The van der Waals surface area contributed by atoms with Crippen molar-refractivity contribution >= 4 is 34.1 Å². The van der Waals surface area contributed by atoms with Crippen LogP contribution in [0, 0.1) is 17.5 Å². The molecule has 1 heterocycles. The van der Waals surface area contributed by atoms with E-state index in [0.29, 0.717) is 31.7 Å². The summed E-state index contributed by atoms with van der Waals surface area (Å²) < 4.78 is 63.4. The zero-order valence-electron chi connectivity index (χ0n) is 15.0. The van der Waals surface area contributed by atoms with E-state index >= 15 is 0 Å². The quantitative estimate of drug-likeness (QED) is 0.546. The highest BCUT2D eigenvalue weighted by molar-refractivity contribution is 7.73. The van der Waals surface area contributed by atoms with Crippen molar-refractivity contribution in [1.82, 2.24) is 9.80 Å². The summed E-state index contributed by atoms with van der Waals surface area (Å²) in [6.07, 6.45) is 0. The van der Waals surface area contributed by atoms with Crippen molar-refractivity contribution in [3.8, 4) is 0 Å². The van der Waals surface area contributed by atoms with E-state index in [9.17, 15) is 26.4 Å². The molecule has 3 rings (SSSR count). The first-order chi connectivity index (χ1) is 13.7. The standard InChI is InChI=1S/C18H17ClF3N3O3S/c19-14-9-12(23-29(27)28)1-2-13(14)18(26)25-5-3-24(4-6-25)10-11-7-15(20)17(22)16(21)8-11/h1-2,7-9,29H,3-6,10H2,(H,23,27,28). The van der Waals surface area contributed by atoms with E-state index in [0.717, 1.165) is 12.1 Å². The molecule has 11 heteroatoms. The van der Waals surface area contributed by atoms with Gasteiger partial charge in [0.15, 0.2) is 17.5 Å². The molecule has 0 bridgehead atoms. The number of halogens is 4. The molecule has 2 aromatic carbocycles. The Morgan fingerprint density at radius 2 is 1.66 bits per heavy atom. The summed E-state index contributed by atoms with van der Waals surface area (Å²) in [5, 5.41) is 0.122. The molecule has 0 unspecified atom stereocenters. The number of hydrogen-bond donors (Lipinski definition) is 2. The lowest BCUT2D eigenvalue weighted by atomic mass is 10.1. The van der Waals surface area contributed by atoms with Gasteiger partial charge in [0, 0.05) is 38.4 Å². The Bertz CT molecular complexity index is 980. The lowest BCUT2D eigenvalue weighted by Crippen LogP contribution is -2.48. The SMILES string of the molecule is O=C(c1ccc(N[SH](=O)=O)cc1Cl)N1CCN(Cc2cc(F)c(F)c(F)c2)CC1. The lowest BCUT2D eigenvalue weighted by molar-refractivity contribution is 0.0628. The second-order valence-corrected chi connectivity index (χ2v) is 7.65. The molecule has 1 N–H and O–H groups in total. The topological polar surface area (TPSA) is 69.7 Å². The molecule has 1 fully saturated rings. The van der Waals surface area contributed by atoms with Gasteiger partial charge < -0.3 is 4.90 Å². The summed E-state index contributed by atoms with van der Waals surface area (Å²) in [6.45, 7) is 1.88. The summed E-state index contributed by atoms with van der Waals surface area (Å²) in [5.74, 6) is -4.26. The molecule has 1 aliphatic heterocycles. The number of rotatable bonds is 5.